The van der Waals surface area contributed by atoms with Gasteiger partial charge in [-0.3, -0.25) is 48.1 Å². The summed E-state index contributed by atoms with van der Waals surface area (Å²) in [6.45, 7) is 13.9. The molecule has 1 fully saturated rings. The number of Topliss-reactive ketones (excluding diaryl/α,β-unsaturated/α-hetero) is 4. The molecule has 0 aliphatic carbocycles. The van der Waals surface area contributed by atoms with Crippen molar-refractivity contribution < 1.29 is 105 Å². The maximum atomic E-state index is 14.2. The van der Waals surface area contributed by atoms with Crippen molar-refractivity contribution in [2.75, 3.05) is 202 Å². The van der Waals surface area contributed by atoms with Crippen LogP contribution in [0, 0.1) is 17.8 Å². The first kappa shape index (κ1) is 93.7. The van der Waals surface area contributed by atoms with Crippen molar-refractivity contribution in [3.63, 3.8) is 0 Å². The van der Waals surface area contributed by atoms with Crippen molar-refractivity contribution in [1.29, 1.82) is 0 Å². The number of thioether (sulfide) groups is 1. The lowest BCUT2D eigenvalue weighted by atomic mass is 9.87. The van der Waals surface area contributed by atoms with Crippen molar-refractivity contribution in [3.8, 4) is 5.75 Å². The molecule has 2 rings (SSSR count). The fraction of sp³-hybridized carbons (Fsp3) is 0.771. The second kappa shape index (κ2) is 63.9. The molecule has 6 atom stereocenters. The second-order valence-corrected chi connectivity index (χ2v) is 26.0. The van der Waals surface area contributed by atoms with Gasteiger partial charge in [0.05, 0.1) is 188 Å². The molecule has 5 amide bonds. The minimum absolute atomic E-state index is 0.0178. The van der Waals surface area contributed by atoms with Gasteiger partial charge in [0.15, 0.2) is 11.7 Å². The SMILES string of the molecule is CC[C@H](C)[C@@H]1NC(=O)CNC(=O)CSCC[C@@H](C(=O)CC[C@@H](CCCN=C(N)N)C(=O)N[C@@H](Cc2ccc(O)cc2)C(N)=O)NCC(=O)[C@H](CCCCNC(=O)CCOCCOCCOCCOCCOCCOCCOCCOCCOCCOCCOCCOCCCC(=O)CBr)CCC1=O. The van der Waals surface area contributed by atoms with E-state index in [9.17, 15) is 48.3 Å². The zero-order valence-electron chi connectivity index (χ0n) is 60.8. The van der Waals surface area contributed by atoms with Crippen LogP contribution in [0.5, 0.6) is 5.75 Å². The highest BCUT2D eigenvalue weighted by molar-refractivity contribution is 9.09. The Balaban J connectivity index is 1.66. The molecule has 12 N–H and O–H groups in total. The van der Waals surface area contributed by atoms with E-state index in [1.54, 1.807) is 12.1 Å². The van der Waals surface area contributed by atoms with E-state index in [1.165, 1.54) is 23.9 Å². The van der Waals surface area contributed by atoms with Crippen molar-refractivity contribution in [1.82, 2.24) is 26.6 Å². The number of aliphatic imine (C=N–C) groups is 1. The molecule has 0 aromatic heterocycles. The molecule has 33 heteroatoms. The third kappa shape index (κ3) is 52.3. The van der Waals surface area contributed by atoms with Crippen molar-refractivity contribution >= 4 is 86.3 Å². The monoisotopic (exact) mass is 1550 g/mol. The number of nitrogens with one attached hydrogen (secondary N) is 5. The van der Waals surface area contributed by atoms with Gasteiger partial charge in [-0.15, -0.1) is 0 Å². The fourth-order valence-corrected chi connectivity index (χ4v) is 11.2. The number of benzene rings is 1. The van der Waals surface area contributed by atoms with Gasteiger partial charge in [0.1, 0.15) is 29.1 Å². The quantitative estimate of drug-likeness (QED) is 0.0194. The van der Waals surface area contributed by atoms with E-state index in [1.807, 2.05) is 13.8 Å². The molecular weight excluding hydrogens is 1430 g/mol. The van der Waals surface area contributed by atoms with Gasteiger partial charge in [0.25, 0.3) is 0 Å². The first-order valence-electron chi connectivity index (χ1n) is 36.1. The van der Waals surface area contributed by atoms with Gasteiger partial charge in [0.2, 0.25) is 29.5 Å². The van der Waals surface area contributed by atoms with Crippen molar-refractivity contribution in [2.45, 2.75) is 128 Å². The number of nitrogens with two attached hydrogens (primary N) is 3. The van der Waals surface area contributed by atoms with Gasteiger partial charge in [-0.05, 0) is 80.7 Å². The van der Waals surface area contributed by atoms with Crippen LogP contribution in [0.4, 0.5) is 0 Å². The zero-order chi connectivity index (χ0) is 75.2. The first-order valence-corrected chi connectivity index (χ1v) is 38.4. The molecule has 590 valence electrons. The summed E-state index contributed by atoms with van der Waals surface area (Å²) < 4.78 is 66.2. The third-order valence-electron chi connectivity index (χ3n) is 16.1. The fourth-order valence-electron chi connectivity index (χ4n) is 10.1. The number of hydrogen-bond donors (Lipinski definition) is 9. The number of halogens is 1. The number of phenols is 1. The molecule has 1 saturated heterocycles. The van der Waals surface area contributed by atoms with Crippen LogP contribution in [-0.4, -0.2) is 283 Å². The number of aromatic hydroxyl groups is 1. The van der Waals surface area contributed by atoms with Crippen LogP contribution in [0.2, 0.25) is 0 Å². The van der Waals surface area contributed by atoms with E-state index in [2.05, 4.69) is 47.5 Å². The molecule has 1 aliphatic heterocycles. The number of ether oxygens (including phenoxy) is 12. The maximum Gasteiger partial charge on any atom is 0.240 e. The number of carbonyl (C=O) groups excluding carboxylic acids is 9. The summed E-state index contributed by atoms with van der Waals surface area (Å²) in [5.41, 5.74) is 17.4. The molecule has 1 aromatic rings. The average molecular weight is 1550 g/mol. The van der Waals surface area contributed by atoms with Gasteiger partial charge in [-0.2, -0.15) is 11.8 Å². The molecule has 1 heterocycles. The van der Waals surface area contributed by atoms with Gasteiger partial charge >= 0.3 is 0 Å². The summed E-state index contributed by atoms with van der Waals surface area (Å²) in [6.07, 6.45) is 4.41. The molecule has 0 unspecified atom stereocenters. The molecule has 1 aliphatic rings. The summed E-state index contributed by atoms with van der Waals surface area (Å²) in [6, 6.07) is 3.31. The van der Waals surface area contributed by atoms with Gasteiger partial charge in [-0.25, -0.2) is 0 Å². The lowest BCUT2D eigenvalue weighted by Gasteiger charge is -2.25. The molecule has 0 radical (unpaired) electrons. The van der Waals surface area contributed by atoms with Crippen LogP contribution in [0.15, 0.2) is 29.3 Å². The summed E-state index contributed by atoms with van der Waals surface area (Å²) in [5.74, 6) is -4.44. The summed E-state index contributed by atoms with van der Waals surface area (Å²) >= 11 is 4.38. The highest BCUT2D eigenvalue weighted by Gasteiger charge is 2.31. The number of guanidine groups is 1. The van der Waals surface area contributed by atoms with Crippen molar-refractivity contribution in [2.24, 2.45) is 39.9 Å². The normalized spacial score (nSPS) is 16.7. The van der Waals surface area contributed by atoms with Crippen LogP contribution in [0.1, 0.15) is 109 Å². The van der Waals surface area contributed by atoms with Crippen LogP contribution in [0.25, 0.3) is 0 Å². The summed E-state index contributed by atoms with van der Waals surface area (Å²) in [7, 11) is 0. The Hall–Kier alpha value is -5.37. The molecule has 0 saturated carbocycles. The predicted octanol–water partition coefficient (Wildman–Crippen LogP) is 1.82. The Bertz CT molecular complexity index is 2500. The van der Waals surface area contributed by atoms with Gasteiger partial charge < -0.3 is 106 Å². The van der Waals surface area contributed by atoms with E-state index in [-0.39, 0.29) is 130 Å². The van der Waals surface area contributed by atoms with Crippen LogP contribution < -0.4 is 43.8 Å². The molecule has 0 bridgehead atoms. The minimum Gasteiger partial charge on any atom is -0.508 e. The topological polar surface area (TPSA) is 435 Å². The summed E-state index contributed by atoms with van der Waals surface area (Å²) in [5, 5.41) is 24.3. The van der Waals surface area contributed by atoms with E-state index in [0.29, 0.717) is 220 Å². The average Bonchev–Trinajstić information content (AvgIpc) is 0.894. The molecule has 31 nitrogen and oxygen atoms in total. The zero-order valence-corrected chi connectivity index (χ0v) is 63.2. The van der Waals surface area contributed by atoms with E-state index in [0.717, 1.165) is 0 Å². The standard InChI is InChI=1S/C70H120BrN9O22S/c1-3-53(2)67-62(84)18-13-55(63(85)50-77-59(20-47-103-52-66(88)78-51-65(87)80-67)61(83)17-14-56(9-6-22-76-70(73)74)69(90)79-60(68(72)89)48-54-11-15-57(81)16-12-54)8-4-5-21-75-64(86)19-24-92-26-28-94-30-32-96-34-36-98-38-40-100-42-44-102-46-45-101-43-41-99-39-37-97-35-33-95-31-29-93-27-25-91-23-7-10-58(82)49-71/h11-12,15-16,53,55-56,59-60,67,77,81H,3-10,13-14,17-52H2,1-2H3,(H2,72,89)(H,75,86)(H,78,88)(H,79,90)(H,80,87)(H4,73,74,76)/t53-,55+,56+,59-,60-,67-/m0/s1. The molecule has 0 spiro atoms. The Labute approximate surface area is 620 Å². The smallest absolute Gasteiger partial charge is 0.240 e. The van der Waals surface area contributed by atoms with Crippen LogP contribution in [-0.2, 0) is 106 Å². The number of rotatable bonds is 61. The number of primary amides is 1. The number of amides is 5. The largest absolute Gasteiger partial charge is 0.508 e. The molecule has 103 heavy (non-hydrogen) atoms. The van der Waals surface area contributed by atoms with Gasteiger partial charge in [-0.1, -0.05) is 54.8 Å². The third-order valence-corrected chi connectivity index (χ3v) is 17.7. The van der Waals surface area contributed by atoms with Crippen LogP contribution >= 0.6 is 27.7 Å². The van der Waals surface area contributed by atoms with E-state index >= 15 is 0 Å². The maximum absolute atomic E-state index is 14.2. The highest BCUT2D eigenvalue weighted by atomic mass is 79.9. The lowest BCUT2D eigenvalue weighted by Crippen LogP contribution is -2.49. The lowest BCUT2D eigenvalue weighted by molar-refractivity contribution is -0.130. The Kier molecular flexibility index (Phi) is 58.1. The Morgan fingerprint density at radius 3 is 1.63 bits per heavy atom. The number of carbonyl (C=O) groups is 9. The number of hydrogen-bond acceptors (Lipinski definition) is 25. The van der Waals surface area contributed by atoms with Crippen LogP contribution in [0.3, 0.4) is 0 Å². The first-order chi connectivity index (χ1) is 49.9. The summed E-state index contributed by atoms with van der Waals surface area (Å²) in [4.78, 5) is 122. The number of nitrogens with zero attached hydrogens (tertiary/aromatic N) is 1. The predicted molar refractivity (Wildman–Crippen MR) is 391 cm³/mol. The Morgan fingerprint density at radius 2 is 1.14 bits per heavy atom. The number of phenolic OH excluding ortho intramolecular Hbond substituents is 1. The number of alkyl halides is 1. The van der Waals surface area contributed by atoms with E-state index < -0.39 is 53.6 Å². The van der Waals surface area contributed by atoms with Crippen molar-refractivity contribution in [3.05, 3.63) is 29.8 Å². The Morgan fingerprint density at radius 1 is 0.621 bits per heavy atom. The second-order valence-electron chi connectivity index (χ2n) is 24.4. The molecular formula is C70H120BrN9O22S. The minimum atomic E-state index is -1.10. The van der Waals surface area contributed by atoms with Gasteiger partial charge in [0, 0.05) is 63.6 Å². The number of ketones is 4. The number of unbranched alkanes of at least 4 members (excludes halogenated alkanes) is 1. The molecule has 1 aromatic carbocycles. The highest BCUT2D eigenvalue weighted by Crippen LogP contribution is 2.22. The van der Waals surface area contributed by atoms with E-state index in [4.69, 9.17) is 74.0 Å².